The van der Waals surface area contributed by atoms with Crippen LogP contribution in [0.15, 0.2) is 46.9 Å². The third-order valence-electron chi connectivity index (χ3n) is 2.26. The summed E-state index contributed by atoms with van der Waals surface area (Å²) >= 11 is 5.69. The number of nitrogens with two attached hydrogens (primary N) is 1. The van der Waals surface area contributed by atoms with Crippen molar-refractivity contribution in [2.24, 2.45) is 5.73 Å². The summed E-state index contributed by atoms with van der Waals surface area (Å²) in [5, 5.41) is 0.383. The predicted molar refractivity (Wildman–Crippen MR) is 60.8 cm³/mol. The molecule has 1 aromatic heterocycles. The Morgan fingerprint density at radius 1 is 1.13 bits per heavy atom. The summed E-state index contributed by atoms with van der Waals surface area (Å²) < 4.78 is 5.26. The summed E-state index contributed by atoms with van der Waals surface area (Å²) in [7, 11) is 0. The van der Waals surface area contributed by atoms with E-state index in [9.17, 15) is 0 Å². The molecule has 3 heteroatoms. The molecular formula is C12H12ClNO. The van der Waals surface area contributed by atoms with Crippen molar-refractivity contribution in [2.45, 2.75) is 12.5 Å². The van der Waals surface area contributed by atoms with Gasteiger partial charge in [0.2, 0.25) is 0 Å². The molecule has 1 unspecified atom stereocenters. The van der Waals surface area contributed by atoms with Gasteiger partial charge in [0.05, 0.1) is 6.04 Å². The van der Waals surface area contributed by atoms with Crippen molar-refractivity contribution in [1.29, 1.82) is 0 Å². The van der Waals surface area contributed by atoms with Gasteiger partial charge < -0.3 is 10.2 Å². The zero-order valence-electron chi connectivity index (χ0n) is 8.19. The molecule has 0 bridgehead atoms. The zero-order chi connectivity index (χ0) is 10.7. The van der Waals surface area contributed by atoms with Gasteiger partial charge in [-0.2, -0.15) is 0 Å². The molecule has 0 saturated carbocycles. The van der Waals surface area contributed by atoms with Gasteiger partial charge in [-0.3, -0.25) is 0 Å². The molecule has 0 aliphatic carbocycles. The van der Waals surface area contributed by atoms with Crippen LogP contribution in [0.5, 0.6) is 0 Å². The molecule has 0 aliphatic rings. The molecule has 1 atom stereocenters. The van der Waals surface area contributed by atoms with E-state index >= 15 is 0 Å². The van der Waals surface area contributed by atoms with Crippen LogP contribution in [-0.4, -0.2) is 0 Å². The lowest BCUT2D eigenvalue weighted by molar-refractivity contribution is 0.466. The first-order valence-electron chi connectivity index (χ1n) is 4.80. The van der Waals surface area contributed by atoms with E-state index in [-0.39, 0.29) is 6.04 Å². The van der Waals surface area contributed by atoms with Crippen LogP contribution in [0.1, 0.15) is 17.4 Å². The Labute approximate surface area is 93.7 Å². The van der Waals surface area contributed by atoms with E-state index in [0.29, 0.717) is 5.22 Å². The monoisotopic (exact) mass is 221 g/mol. The molecule has 2 rings (SSSR count). The molecule has 0 saturated heterocycles. The summed E-state index contributed by atoms with van der Waals surface area (Å²) in [6.45, 7) is 0. The molecule has 0 aliphatic heterocycles. The van der Waals surface area contributed by atoms with Crippen LogP contribution in [0.25, 0.3) is 0 Å². The molecule has 1 aromatic carbocycles. The van der Waals surface area contributed by atoms with Crippen molar-refractivity contribution in [3.8, 4) is 0 Å². The summed E-state index contributed by atoms with van der Waals surface area (Å²) in [5.41, 5.74) is 7.18. The minimum Gasteiger partial charge on any atom is -0.448 e. The van der Waals surface area contributed by atoms with E-state index in [0.717, 1.165) is 12.2 Å². The van der Waals surface area contributed by atoms with Crippen LogP contribution in [-0.2, 0) is 6.42 Å². The summed E-state index contributed by atoms with van der Waals surface area (Å²) in [4.78, 5) is 0. The number of hydrogen-bond acceptors (Lipinski definition) is 2. The zero-order valence-corrected chi connectivity index (χ0v) is 8.95. The lowest BCUT2D eigenvalue weighted by Crippen LogP contribution is -2.12. The standard InChI is InChI=1S/C12H12ClNO/c13-12-7-6-11(15-12)10(14)8-9-4-2-1-3-5-9/h1-7,10H,8,14H2. The molecule has 0 radical (unpaired) electrons. The topological polar surface area (TPSA) is 39.2 Å². The average molecular weight is 222 g/mol. The van der Waals surface area contributed by atoms with Gasteiger partial charge >= 0.3 is 0 Å². The van der Waals surface area contributed by atoms with Gasteiger partial charge in [-0.15, -0.1) is 0 Å². The minimum atomic E-state index is -0.139. The smallest absolute Gasteiger partial charge is 0.193 e. The van der Waals surface area contributed by atoms with Crippen molar-refractivity contribution in [3.63, 3.8) is 0 Å². The minimum absolute atomic E-state index is 0.139. The second kappa shape index (κ2) is 4.51. The lowest BCUT2D eigenvalue weighted by atomic mass is 10.1. The van der Waals surface area contributed by atoms with Crippen LogP contribution >= 0.6 is 11.6 Å². The highest BCUT2D eigenvalue weighted by Crippen LogP contribution is 2.21. The average Bonchev–Trinajstić information content (AvgIpc) is 2.66. The van der Waals surface area contributed by atoms with Crippen molar-refractivity contribution in [1.82, 2.24) is 0 Å². The second-order valence-corrected chi connectivity index (χ2v) is 3.81. The highest BCUT2D eigenvalue weighted by atomic mass is 35.5. The maximum atomic E-state index is 5.99. The molecule has 0 fully saturated rings. The van der Waals surface area contributed by atoms with E-state index in [4.69, 9.17) is 21.8 Å². The third kappa shape index (κ3) is 2.61. The maximum absolute atomic E-state index is 5.99. The van der Waals surface area contributed by atoms with Crippen LogP contribution in [0.3, 0.4) is 0 Å². The molecule has 78 valence electrons. The fraction of sp³-hybridized carbons (Fsp3) is 0.167. The summed E-state index contributed by atoms with van der Waals surface area (Å²) in [6, 6.07) is 13.5. The normalized spacial score (nSPS) is 12.7. The van der Waals surface area contributed by atoms with Crippen LogP contribution in [0.2, 0.25) is 5.22 Å². The number of hydrogen-bond donors (Lipinski definition) is 1. The largest absolute Gasteiger partial charge is 0.448 e. The van der Waals surface area contributed by atoms with Gasteiger partial charge in [0.15, 0.2) is 5.22 Å². The Morgan fingerprint density at radius 2 is 1.87 bits per heavy atom. The highest BCUT2D eigenvalue weighted by Gasteiger charge is 2.10. The van der Waals surface area contributed by atoms with Crippen molar-refractivity contribution >= 4 is 11.6 Å². The Kier molecular flexibility index (Phi) is 3.09. The van der Waals surface area contributed by atoms with E-state index in [2.05, 4.69) is 0 Å². The van der Waals surface area contributed by atoms with E-state index in [1.54, 1.807) is 6.07 Å². The maximum Gasteiger partial charge on any atom is 0.193 e. The lowest BCUT2D eigenvalue weighted by Gasteiger charge is -2.08. The summed E-state index contributed by atoms with van der Waals surface area (Å²) in [5.74, 6) is 0.726. The number of halogens is 1. The van der Waals surface area contributed by atoms with Gasteiger partial charge in [-0.25, -0.2) is 0 Å². The van der Waals surface area contributed by atoms with Crippen LogP contribution in [0.4, 0.5) is 0 Å². The fourth-order valence-corrected chi connectivity index (χ4v) is 1.65. The Morgan fingerprint density at radius 3 is 2.47 bits per heavy atom. The van der Waals surface area contributed by atoms with Crippen LogP contribution < -0.4 is 5.73 Å². The Hall–Kier alpha value is -1.25. The molecule has 2 aromatic rings. The quantitative estimate of drug-likeness (QED) is 0.865. The molecular weight excluding hydrogens is 210 g/mol. The van der Waals surface area contributed by atoms with E-state index in [1.807, 2.05) is 36.4 Å². The Balaban J connectivity index is 2.07. The van der Waals surface area contributed by atoms with Gasteiger partial charge in [-0.1, -0.05) is 30.3 Å². The molecule has 2 nitrogen and oxygen atoms in total. The number of furan rings is 1. The first-order valence-corrected chi connectivity index (χ1v) is 5.18. The van der Waals surface area contributed by atoms with Crippen molar-refractivity contribution < 1.29 is 4.42 Å². The highest BCUT2D eigenvalue weighted by molar-refractivity contribution is 6.28. The van der Waals surface area contributed by atoms with Gasteiger partial charge in [0, 0.05) is 0 Å². The molecule has 0 amide bonds. The van der Waals surface area contributed by atoms with Crippen molar-refractivity contribution in [2.75, 3.05) is 0 Å². The number of benzene rings is 1. The first kappa shape index (κ1) is 10.3. The SMILES string of the molecule is NC(Cc1ccccc1)c1ccc(Cl)o1. The molecule has 1 heterocycles. The number of rotatable bonds is 3. The van der Waals surface area contributed by atoms with Crippen LogP contribution in [0, 0.1) is 0 Å². The van der Waals surface area contributed by atoms with E-state index < -0.39 is 0 Å². The fourth-order valence-electron chi connectivity index (χ4n) is 1.50. The molecule has 15 heavy (non-hydrogen) atoms. The second-order valence-electron chi connectivity index (χ2n) is 3.44. The van der Waals surface area contributed by atoms with Crippen molar-refractivity contribution in [3.05, 3.63) is 59.0 Å². The first-order chi connectivity index (χ1) is 7.25. The Bertz CT molecular complexity index is 424. The van der Waals surface area contributed by atoms with Gasteiger partial charge in [-0.05, 0) is 35.7 Å². The van der Waals surface area contributed by atoms with Gasteiger partial charge in [0.25, 0.3) is 0 Å². The predicted octanol–water partition coefficient (Wildman–Crippen LogP) is 3.18. The molecule has 0 spiro atoms. The molecule has 2 N–H and O–H groups in total. The van der Waals surface area contributed by atoms with Gasteiger partial charge in [0.1, 0.15) is 5.76 Å². The van der Waals surface area contributed by atoms with E-state index in [1.165, 1.54) is 5.56 Å². The summed E-state index contributed by atoms with van der Waals surface area (Å²) in [6.07, 6.45) is 0.755. The third-order valence-corrected chi connectivity index (χ3v) is 2.46.